The first-order valence-electron chi connectivity index (χ1n) is 6.09. The lowest BCUT2D eigenvalue weighted by molar-refractivity contribution is 1.23. The van der Waals surface area contributed by atoms with E-state index in [-0.39, 0.29) is 0 Å². The topological polar surface area (TPSA) is 26.0 Å². The molecule has 0 aromatic heterocycles. The summed E-state index contributed by atoms with van der Waals surface area (Å²) in [6, 6.07) is 0. The van der Waals surface area contributed by atoms with Crippen LogP contribution >= 0.6 is 0 Å². The van der Waals surface area contributed by atoms with E-state index in [0.29, 0.717) is 0 Å². The van der Waals surface area contributed by atoms with Crippen molar-refractivity contribution in [3.8, 4) is 0 Å². The Morgan fingerprint density at radius 2 is 0.933 bits per heavy atom. The van der Waals surface area contributed by atoms with E-state index in [4.69, 9.17) is 0 Å². The summed E-state index contributed by atoms with van der Waals surface area (Å²) in [6.07, 6.45) is 4.71. The fraction of sp³-hybridized carbons (Fsp3) is 0.714. The Balaban J connectivity index is -0.0000000168. The minimum absolute atomic E-state index is 1.08. The maximum Gasteiger partial charge on any atom is -0.0195 e. The smallest absolute Gasteiger partial charge is 0.0195 e. The monoisotopic (exact) mass is 219 g/mol. The zero-order chi connectivity index (χ0) is 14.1. The van der Waals surface area contributed by atoms with Gasteiger partial charge in [0, 0.05) is 0 Å². The third kappa shape index (κ3) is 9090. The van der Waals surface area contributed by atoms with E-state index in [2.05, 4.69) is 25.8 Å². The standard InChI is InChI=1S/C4H8.C3H6.3C2H6.CH5N/c1-3-4-2;1-3-2;4*1-2/h3H,1,4H2,2H3;3H,1H2,2H3;3*1-2H3;2H2,1H3. The molecule has 1 nitrogen and oxygen atoms in total. The number of hydrogen-bond acceptors (Lipinski definition) is 1. The SMILES string of the molecule is C=CC.C=CCC.CC.CC.CC.CN. The van der Waals surface area contributed by atoms with Gasteiger partial charge in [-0.2, -0.15) is 0 Å². The third-order valence-electron chi connectivity index (χ3n) is 0.289. The second kappa shape index (κ2) is 349. The van der Waals surface area contributed by atoms with Gasteiger partial charge < -0.3 is 5.73 Å². The molecule has 98 valence electrons. The van der Waals surface area contributed by atoms with E-state index >= 15 is 0 Å². The summed E-state index contributed by atoms with van der Waals surface area (Å²) in [4.78, 5) is 0. The van der Waals surface area contributed by atoms with Crippen molar-refractivity contribution in [3.05, 3.63) is 25.3 Å². The van der Waals surface area contributed by atoms with Crippen molar-refractivity contribution in [2.75, 3.05) is 7.05 Å². The molecule has 0 atom stereocenters. The van der Waals surface area contributed by atoms with Gasteiger partial charge in [-0.25, -0.2) is 0 Å². The fourth-order valence-electron chi connectivity index (χ4n) is 0. The van der Waals surface area contributed by atoms with Gasteiger partial charge in [-0.3, -0.25) is 0 Å². The Labute approximate surface area is 100 Å². The Bertz CT molecular complexity index is 40.6. The molecule has 0 unspecified atom stereocenters. The largest absolute Gasteiger partial charge is 0.333 e. The number of allylic oxidation sites excluding steroid dienone is 2. The summed E-state index contributed by atoms with van der Waals surface area (Å²) in [7, 11) is 1.50. The normalized spacial score (nSPS) is 4.13. The van der Waals surface area contributed by atoms with Gasteiger partial charge in [0.15, 0.2) is 0 Å². The molecular formula is C14H37N. The lowest BCUT2D eigenvalue weighted by Gasteiger charge is -1.57. The molecule has 0 aliphatic heterocycles. The molecule has 1 heteroatoms. The lowest BCUT2D eigenvalue weighted by atomic mass is 10.5. The Kier molecular flexibility index (Phi) is 853. The maximum absolute atomic E-state index is 4.50. The van der Waals surface area contributed by atoms with Gasteiger partial charge in [-0.1, -0.05) is 60.6 Å². The predicted octanol–water partition coefficient (Wildman–Crippen LogP) is 5.43. The van der Waals surface area contributed by atoms with Gasteiger partial charge in [0.25, 0.3) is 0 Å². The van der Waals surface area contributed by atoms with Crippen LogP contribution in [0.25, 0.3) is 0 Å². The zero-order valence-electron chi connectivity index (χ0n) is 12.9. The molecule has 0 aromatic carbocycles. The van der Waals surface area contributed by atoms with Crippen LogP contribution in [0, 0.1) is 0 Å². The van der Waals surface area contributed by atoms with Crippen molar-refractivity contribution in [1.29, 1.82) is 0 Å². The fourth-order valence-corrected chi connectivity index (χ4v) is 0. The number of nitrogens with two attached hydrogens (primary N) is 1. The van der Waals surface area contributed by atoms with Crippen molar-refractivity contribution >= 4 is 0 Å². The van der Waals surface area contributed by atoms with Crippen LogP contribution in [0.4, 0.5) is 0 Å². The van der Waals surface area contributed by atoms with E-state index in [0.717, 1.165) is 6.42 Å². The lowest BCUT2D eigenvalue weighted by Crippen LogP contribution is -1.69. The molecule has 15 heavy (non-hydrogen) atoms. The predicted molar refractivity (Wildman–Crippen MR) is 80.5 cm³/mol. The first-order chi connectivity index (χ1) is 7.33. The highest BCUT2D eigenvalue weighted by Gasteiger charge is 1.45. The first-order valence-corrected chi connectivity index (χ1v) is 6.09. The minimum Gasteiger partial charge on any atom is -0.333 e. The van der Waals surface area contributed by atoms with Crippen LogP contribution in [0.2, 0.25) is 0 Å². The van der Waals surface area contributed by atoms with E-state index < -0.39 is 0 Å². The highest BCUT2D eigenvalue weighted by molar-refractivity contribution is 4.60. The maximum atomic E-state index is 4.50. The van der Waals surface area contributed by atoms with E-state index in [1.807, 2.05) is 54.5 Å². The Hall–Kier alpha value is -0.560. The summed E-state index contributed by atoms with van der Waals surface area (Å²) in [5.41, 5.74) is 4.50. The summed E-state index contributed by atoms with van der Waals surface area (Å²) >= 11 is 0. The molecular weight excluding hydrogens is 182 g/mol. The van der Waals surface area contributed by atoms with Gasteiger partial charge in [0.2, 0.25) is 0 Å². The Morgan fingerprint density at radius 1 is 0.867 bits per heavy atom. The van der Waals surface area contributed by atoms with Crippen molar-refractivity contribution < 1.29 is 0 Å². The highest BCUT2D eigenvalue weighted by atomic mass is 14.4. The zero-order valence-corrected chi connectivity index (χ0v) is 12.9. The van der Waals surface area contributed by atoms with Crippen molar-refractivity contribution in [1.82, 2.24) is 0 Å². The van der Waals surface area contributed by atoms with Crippen molar-refractivity contribution in [2.24, 2.45) is 5.73 Å². The average molecular weight is 219 g/mol. The summed E-state index contributed by atoms with van der Waals surface area (Å²) in [5, 5.41) is 0. The van der Waals surface area contributed by atoms with E-state index in [1.54, 1.807) is 6.08 Å². The molecule has 0 aliphatic rings. The molecule has 0 radical (unpaired) electrons. The van der Waals surface area contributed by atoms with Gasteiger partial charge in [0.1, 0.15) is 0 Å². The molecule has 0 saturated carbocycles. The molecule has 0 bridgehead atoms. The van der Waals surface area contributed by atoms with Crippen molar-refractivity contribution in [2.45, 2.75) is 61.8 Å². The highest BCUT2D eigenvalue weighted by Crippen LogP contribution is 1.66. The molecule has 0 heterocycles. The van der Waals surface area contributed by atoms with Crippen LogP contribution in [-0.4, -0.2) is 7.05 Å². The van der Waals surface area contributed by atoms with E-state index in [9.17, 15) is 0 Å². The molecule has 2 N–H and O–H groups in total. The summed E-state index contributed by atoms with van der Waals surface area (Å²) in [5.74, 6) is 0. The van der Waals surface area contributed by atoms with E-state index in [1.165, 1.54) is 7.05 Å². The minimum atomic E-state index is 1.08. The van der Waals surface area contributed by atoms with Crippen LogP contribution in [0.5, 0.6) is 0 Å². The second-order valence-electron chi connectivity index (χ2n) is 1.11. The van der Waals surface area contributed by atoms with Crippen LogP contribution in [0.3, 0.4) is 0 Å². The number of hydrogen-bond donors (Lipinski definition) is 1. The molecule has 0 aliphatic carbocycles. The van der Waals surface area contributed by atoms with Crippen LogP contribution in [0.1, 0.15) is 61.8 Å². The molecule has 0 aromatic rings. The van der Waals surface area contributed by atoms with Gasteiger partial charge in [-0.15, -0.1) is 13.2 Å². The van der Waals surface area contributed by atoms with Gasteiger partial charge in [0.05, 0.1) is 0 Å². The first kappa shape index (κ1) is 36.6. The van der Waals surface area contributed by atoms with Crippen LogP contribution in [-0.2, 0) is 0 Å². The molecule has 0 rings (SSSR count). The molecule has 0 saturated heterocycles. The quantitative estimate of drug-likeness (QED) is 0.585. The molecule has 0 spiro atoms. The Morgan fingerprint density at radius 3 is 0.933 bits per heavy atom. The molecule has 0 amide bonds. The third-order valence-corrected chi connectivity index (χ3v) is 0.289. The number of rotatable bonds is 1. The average Bonchev–Trinajstić information content (AvgIpc) is 2.39. The summed E-state index contributed by atoms with van der Waals surface area (Å²) in [6.45, 7) is 22.8. The van der Waals surface area contributed by atoms with Crippen LogP contribution < -0.4 is 5.73 Å². The van der Waals surface area contributed by atoms with Crippen molar-refractivity contribution in [3.63, 3.8) is 0 Å². The van der Waals surface area contributed by atoms with Crippen LogP contribution in [0.15, 0.2) is 25.3 Å². The van der Waals surface area contributed by atoms with Gasteiger partial charge >= 0.3 is 0 Å². The van der Waals surface area contributed by atoms with Gasteiger partial charge in [-0.05, 0) is 20.4 Å². The second-order valence-corrected chi connectivity index (χ2v) is 1.11. The summed E-state index contributed by atoms with van der Waals surface area (Å²) < 4.78 is 0. The molecule has 0 fully saturated rings.